The van der Waals surface area contributed by atoms with Gasteiger partial charge in [0.25, 0.3) is 0 Å². The molecule has 0 aromatic heterocycles. The molecular weight excluding hydrogens is 670 g/mol. The third-order valence-corrected chi connectivity index (χ3v) is 10.2. The Morgan fingerprint density at radius 1 is 0.773 bits per heavy atom. The Labute approximate surface area is 279 Å². The zero-order chi connectivity index (χ0) is 32.2. The van der Waals surface area contributed by atoms with Crippen LogP contribution in [0.4, 0.5) is 5.69 Å². The maximum absolute atomic E-state index is 5.82. The van der Waals surface area contributed by atoms with Gasteiger partial charge in [-0.1, -0.05) is 101 Å². The van der Waals surface area contributed by atoms with Crippen molar-refractivity contribution < 1.29 is 18.3 Å². The summed E-state index contributed by atoms with van der Waals surface area (Å²) in [5, 5.41) is 2.70. The summed E-state index contributed by atoms with van der Waals surface area (Å²) >= 11 is -1.77. The number of benzene rings is 4. The summed E-state index contributed by atoms with van der Waals surface area (Å²) in [5.41, 5.74) is 6.79. The number of halogens is 2. The third-order valence-electron chi connectivity index (χ3n) is 8.32. The summed E-state index contributed by atoms with van der Waals surface area (Å²) in [6.45, 7) is 23.0. The van der Waals surface area contributed by atoms with Crippen LogP contribution in [0, 0.1) is 6.54 Å². The van der Waals surface area contributed by atoms with Gasteiger partial charge in [-0.15, -0.1) is 5.41 Å². The molecule has 1 atom stereocenters. The van der Waals surface area contributed by atoms with Crippen molar-refractivity contribution in [1.82, 2.24) is 0 Å². The fourth-order valence-electron chi connectivity index (χ4n) is 6.54. The van der Waals surface area contributed by atoms with Crippen LogP contribution < -0.4 is 9.64 Å². The van der Waals surface area contributed by atoms with Gasteiger partial charge < -0.3 is 4.90 Å². The predicted molar refractivity (Wildman–Crippen MR) is 190 cm³/mol. The zero-order valence-corrected chi connectivity index (χ0v) is 30.9. The first-order valence-corrected chi connectivity index (χ1v) is 21.1. The first-order chi connectivity index (χ1) is 20.7. The molecule has 1 unspecified atom stereocenters. The normalized spacial score (nSPS) is 18.0. The van der Waals surface area contributed by atoms with Crippen molar-refractivity contribution in [3.63, 3.8) is 0 Å². The van der Waals surface area contributed by atoms with Crippen molar-refractivity contribution in [2.75, 3.05) is 4.90 Å². The van der Waals surface area contributed by atoms with Gasteiger partial charge in [0.1, 0.15) is 0 Å². The van der Waals surface area contributed by atoms with E-state index >= 15 is 0 Å². The van der Waals surface area contributed by atoms with E-state index in [0.29, 0.717) is 11.8 Å². The van der Waals surface area contributed by atoms with Crippen LogP contribution in [-0.2, 0) is 18.9 Å². The molecule has 238 valence electrons. The minimum atomic E-state index is -1.77. The number of fused-ring (bicyclic) bond motifs is 1. The molecule has 0 saturated carbocycles. The Morgan fingerprint density at radius 2 is 1.34 bits per heavy atom. The minimum Gasteiger partial charge on any atom is -0.517 e. The van der Waals surface area contributed by atoms with Crippen LogP contribution in [0.15, 0.2) is 84.9 Å². The maximum atomic E-state index is 5.82. The molecule has 0 radical (unpaired) electrons. The quantitative estimate of drug-likeness (QED) is 0.139. The number of para-hydroxylation sites is 2. The molecule has 1 heterocycles. The van der Waals surface area contributed by atoms with Crippen LogP contribution in [0.5, 0.6) is 5.75 Å². The Balaban J connectivity index is 0.000000265. The van der Waals surface area contributed by atoms with Crippen LogP contribution in [0.1, 0.15) is 103 Å². The van der Waals surface area contributed by atoms with E-state index in [0.717, 1.165) is 17.7 Å². The molecule has 1 saturated heterocycles. The van der Waals surface area contributed by atoms with Gasteiger partial charge in [0.2, 0.25) is 0 Å². The fourth-order valence-corrected chi connectivity index (χ4v) is 8.35. The van der Waals surface area contributed by atoms with E-state index in [1.54, 1.807) is 0 Å². The molecule has 0 bridgehead atoms. The van der Waals surface area contributed by atoms with Crippen LogP contribution in [0.3, 0.4) is 0 Å². The van der Waals surface area contributed by atoms with Crippen molar-refractivity contribution in [1.29, 1.82) is 0 Å². The second-order valence-corrected chi connectivity index (χ2v) is 19.3. The molecule has 4 aromatic rings. The summed E-state index contributed by atoms with van der Waals surface area (Å²) in [7, 11) is 11.6. The van der Waals surface area contributed by atoms with Gasteiger partial charge in [-0.2, -0.15) is 0 Å². The van der Waals surface area contributed by atoms with Gasteiger partial charge in [0.15, 0.2) is 0 Å². The average Bonchev–Trinajstić information content (AvgIpc) is 3.21. The van der Waals surface area contributed by atoms with E-state index in [9.17, 15) is 0 Å². The molecular formula is C39H48Cl2NORu-. The molecule has 2 nitrogen and oxygen atoms in total. The van der Waals surface area contributed by atoms with Gasteiger partial charge in [-0.3, -0.25) is 0 Å². The number of anilines is 1. The smallest absolute Gasteiger partial charge is 0.0145 e. The summed E-state index contributed by atoms with van der Waals surface area (Å²) < 4.78 is 7.51. The molecule has 44 heavy (non-hydrogen) atoms. The summed E-state index contributed by atoms with van der Waals surface area (Å²) in [6.07, 6.45) is 1.26. The summed E-state index contributed by atoms with van der Waals surface area (Å²) in [6, 6.07) is 30.2. The van der Waals surface area contributed by atoms with Gasteiger partial charge in [-0.25, -0.2) is 6.54 Å². The molecule has 1 fully saturated rings. The molecule has 0 N–H and O–H groups in total. The standard InChI is InChI=1S/C29H36N.C10H12O.2ClH.Ru/c1-20(2)23-15-11-16-24(21(3)4)27(23)30-19-29(7,18-28(30,5)6)26-17-10-13-22-12-8-9-14-25(22)26;1-8(2)11-10-7-5-4-6-9(10)3;;;/h8-17,19-21H,18H2,1-7H3;3-8H,1-2H3;2*1H;/q-1;;;;+2/p-2. The molecule has 5 heteroatoms. The second-order valence-electron chi connectivity index (χ2n) is 13.5. The van der Waals surface area contributed by atoms with Gasteiger partial charge in [-0.05, 0) is 54.0 Å². The average molecular weight is 719 g/mol. The predicted octanol–water partition coefficient (Wildman–Crippen LogP) is 11.7. The van der Waals surface area contributed by atoms with Crippen LogP contribution in [-0.4, -0.2) is 16.3 Å². The maximum Gasteiger partial charge on any atom is 0.0145 e. The van der Waals surface area contributed by atoms with Crippen LogP contribution in [0.2, 0.25) is 0 Å². The third kappa shape index (κ3) is 7.96. The number of hydrogen-bond acceptors (Lipinski definition) is 2. The second kappa shape index (κ2) is 14.5. The number of ether oxygens (including phenoxy) is 1. The van der Waals surface area contributed by atoms with Gasteiger partial charge in [0, 0.05) is 11.2 Å². The molecule has 0 amide bonds. The monoisotopic (exact) mass is 718 g/mol. The first-order valence-electron chi connectivity index (χ1n) is 15.6. The SMILES string of the molecule is CC(C)Oc1ccccc1[CH]=[Ru]([Cl])[Cl].CC(C)c1cccc(C(C)C)c1N1[CH-]C(C)(c2cccc3ccccc23)CC1(C)C. The van der Waals surface area contributed by atoms with Gasteiger partial charge >= 0.3 is 97.8 Å². The molecule has 0 aliphatic carbocycles. The Morgan fingerprint density at radius 3 is 1.95 bits per heavy atom. The van der Waals surface area contributed by atoms with Crippen molar-refractivity contribution in [2.45, 2.75) is 97.6 Å². The topological polar surface area (TPSA) is 12.5 Å². The number of rotatable bonds is 7. The first kappa shape index (κ1) is 34.7. The van der Waals surface area contributed by atoms with Crippen molar-refractivity contribution >= 4 is 40.5 Å². The van der Waals surface area contributed by atoms with E-state index in [4.69, 9.17) is 24.1 Å². The van der Waals surface area contributed by atoms with Crippen molar-refractivity contribution in [3.05, 3.63) is 114 Å². The molecule has 1 aliphatic rings. The van der Waals surface area contributed by atoms with Crippen molar-refractivity contribution in [3.8, 4) is 5.75 Å². The molecule has 1 aliphatic heterocycles. The largest absolute Gasteiger partial charge is 0.517 e. The molecule has 4 aromatic carbocycles. The Bertz CT molecular complexity index is 1570. The van der Waals surface area contributed by atoms with Crippen LogP contribution >= 0.6 is 19.4 Å². The Kier molecular flexibility index (Phi) is 11.4. The molecule has 0 spiro atoms. The molecule has 5 rings (SSSR count). The minimum absolute atomic E-state index is 0.0112. The van der Waals surface area contributed by atoms with E-state index in [-0.39, 0.29) is 17.1 Å². The number of hydrogen-bond donors (Lipinski definition) is 0. The zero-order valence-electron chi connectivity index (χ0n) is 27.6. The van der Waals surface area contributed by atoms with E-state index < -0.39 is 13.5 Å². The number of nitrogens with zero attached hydrogens (tertiary/aromatic N) is 1. The van der Waals surface area contributed by atoms with Crippen LogP contribution in [0.25, 0.3) is 10.8 Å². The Hall–Kier alpha value is -2.19. The summed E-state index contributed by atoms with van der Waals surface area (Å²) in [4.78, 5) is 2.61. The van der Waals surface area contributed by atoms with E-state index in [1.165, 1.54) is 33.2 Å². The van der Waals surface area contributed by atoms with Crippen molar-refractivity contribution in [2.24, 2.45) is 0 Å². The fraction of sp³-hybridized carbons (Fsp3) is 0.385. The van der Waals surface area contributed by atoms with Gasteiger partial charge in [0.05, 0.1) is 0 Å². The summed E-state index contributed by atoms with van der Waals surface area (Å²) in [5.74, 6) is 1.84. The van der Waals surface area contributed by atoms with E-state index in [1.807, 2.05) is 42.7 Å². The van der Waals surface area contributed by atoms with E-state index in [2.05, 4.69) is 121 Å².